The number of carbonyl (C=O) groups is 1. The van der Waals surface area contributed by atoms with Crippen LogP contribution in [-0.4, -0.2) is 90.4 Å². The Hall–Kier alpha value is -7.75. The molecule has 80 heavy (non-hydrogen) atoms. The standard InChI is InChI=1S/C62H63N3O15/c1-43(66)77-57-54(42-72-36-45-22-10-3-11-23-45)79-62(60(75-39-48-28-16-6-17-29-48)59(57)74-38-47-26-14-5-15-27-47)80-56-53(41-71-35-44-20-8-2-9-21-44)78-61(76-40-49-30-18-7-19-31-49)55(58(56)73-37-46-24-12-4-13-25-46)63-51-33-32-50(64(67)68)34-52(51)65(69)70/h2-34,53-63H,35-42H2,1H3/t53-,54-,55-,56-,57+,58-,59+,60-,61-,62-/m1/s1. The van der Waals surface area contributed by atoms with Gasteiger partial charge in [-0.25, -0.2) is 0 Å². The van der Waals surface area contributed by atoms with Gasteiger partial charge in [-0.3, -0.25) is 25.0 Å². The highest BCUT2D eigenvalue weighted by Gasteiger charge is 2.55. The first-order valence-electron chi connectivity index (χ1n) is 26.3. The lowest BCUT2D eigenvalue weighted by molar-refractivity contribution is -0.393. The molecule has 2 aliphatic rings. The van der Waals surface area contributed by atoms with Crippen LogP contribution < -0.4 is 5.32 Å². The Balaban J connectivity index is 1.16. The summed E-state index contributed by atoms with van der Waals surface area (Å²) in [5, 5.41) is 28.1. The third kappa shape index (κ3) is 16.0. The Morgan fingerprint density at radius 1 is 0.463 bits per heavy atom. The van der Waals surface area contributed by atoms with Crippen molar-refractivity contribution in [1.82, 2.24) is 0 Å². The van der Waals surface area contributed by atoms with E-state index in [4.69, 9.17) is 47.4 Å². The average Bonchev–Trinajstić information content (AvgIpc) is 3.49. The van der Waals surface area contributed by atoms with Crippen LogP contribution >= 0.6 is 0 Å². The molecule has 7 aromatic rings. The number of anilines is 1. The van der Waals surface area contributed by atoms with E-state index in [0.717, 1.165) is 39.4 Å². The minimum Gasteiger partial charge on any atom is -0.457 e. The summed E-state index contributed by atoms with van der Waals surface area (Å²) in [6, 6.07) is 59.2. The normalized spacial score (nSPS) is 22.7. The Bertz CT molecular complexity index is 3010. The molecule has 10 atom stereocenters. The summed E-state index contributed by atoms with van der Waals surface area (Å²) in [7, 11) is 0. The molecule has 0 radical (unpaired) electrons. The molecule has 0 bridgehead atoms. The van der Waals surface area contributed by atoms with E-state index >= 15 is 0 Å². The number of benzene rings is 7. The summed E-state index contributed by atoms with van der Waals surface area (Å²) in [5.74, 6) is -0.595. The molecule has 2 saturated heterocycles. The second-order valence-corrected chi connectivity index (χ2v) is 19.2. The van der Waals surface area contributed by atoms with Crippen LogP contribution in [-0.2, 0) is 91.8 Å². The summed E-state index contributed by atoms with van der Waals surface area (Å²) in [6.07, 6.45) is -10.4. The molecular formula is C62H63N3O15. The minimum atomic E-state index is -1.37. The number of nitro groups is 2. The van der Waals surface area contributed by atoms with Gasteiger partial charge in [0.2, 0.25) is 0 Å². The van der Waals surface area contributed by atoms with Crippen LogP contribution in [0.25, 0.3) is 0 Å². The topological polar surface area (TPSA) is 208 Å². The lowest BCUT2D eigenvalue weighted by Gasteiger charge is -2.50. The van der Waals surface area contributed by atoms with Crippen LogP contribution in [0.5, 0.6) is 0 Å². The van der Waals surface area contributed by atoms with Crippen LogP contribution in [0.15, 0.2) is 200 Å². The third-order valence-corrected chi connectivity index (χ3v) is 13.4. The summed E-state index contributed by atoms with van der Waals surface area (Å²) in [4.78, 5) is 36.6. The van der Waals surface area contributed by atoms with Gasteiger partial charge in [0.15, 0.2) is 18.7 Å². The fraction of sp³-hybridized carbons (Fsp3) is 0.306. The van der Waals surface area contributed by atoms with Gasteiger partial charge in [0.25, 0.3) is 11.4 Å². The zero-order valence-corrected chi connectivity index (χ0v) is 44.0. The van der Waals surface area contributed by atoms with Gasteiger partial charge >= 0.3 is 5.97 Å². The van der Waals surface area contributed by atoms with Crippen molar-refractivity contribution in [3.05, 3.63) is 254 Å². The number of ether oxygens (including phenoxy) is 10. The van der Waals surface area contributed by atoms with Gasteiger partial charge in [-0.2, -0.15) is 0 Å². The Morgan fingerprint density at radius 2 is 0.863 bits per heavy atom. The number of nitro benzene ring substituents is 2. The molecule has 416 valence electrons. The van der Waals surface area contributed by atoms with Crippen molar-refractivity contribution in [1.29, 1.82) is 0 Å². The monoisotopic (exact) mass is 1090 g/mol. The second-order valence-electron chi connectivity index (χ2n) is 19.2. The number of hydrogen-bond acceptors (Lipinski definition) is 16. The van der Waals surface area contributed by atoms with Gasteiger partial charge in [-0.15, -0.1) is 0 Å². The first-order valence-corrected chi connectivity index (χ1v) is 26.3. The zero-order valence-electron chi connectivity index (χ0n) is 44.0. The Morgan fingerprint density at radius 3 is 1.30 bits per heavy atom. The maximum absolute atomic E-state index is 13.2. The summed E-state index contributed by atoms with van der Waals surface area (Å²) >= 11 is 0. The lowest BCUT2D eigenvalue weighted by Crippen LogP contribution is -2.67. The highest BCUT2D eigenvalue weighted by Crippen LogP contribution is 2.38. The van der Waals surface area contributed by atoms with Crippen molar-refractivity contribution in [2.24, 2.45) is 0 Å². The van der Waals surface area contributed by atoms with Gasteiger partial charge in [-0.05, 0) is 39.4 Å². The molecule has 0 amide bonds. The fourth-order valence-electron chi connectivity index (χ4n) is 9.55. The molecule has 1 N–H and O–H groups in total. The van der Waals surface area contributed by atoms with Gasteiger partial charge in [-0.1, -0.05) is 182 Å². The molecule has 9 rings (SSSR count). The van der Waals surface area contributed by atoms with Crippen LogP contribution in [0.2, 0.25) is 0 Å². The zero-order chi connectivity index (χ0) is 55.5. The average molecular weight is 1090 g/mol. The number of nitrogens with zero attached hydrogens (tertiary/aromatic N) is 2. The van der Waals surface area contributed by atoms with Gasteiger partial charge in [0.05, 0.1) is 68.8 Å². The highest BCUT2D eigenvalue weighted by atomic mass is 16.8. The molecule has 18 heteroatoms. The third-order valence-electron chi connectivity index (χ3n) is 13.4. The molecule has 2 heterocycles. The number of carbonyl (C=O) groups excluding carboxylic acids is 1. The lowest BCUT2D eigenvalue weighted by atomic mass is 9.94. The van der Waals surface area contributed by atoms with E-state index < -0.39 is 88.5 Å². The second kappa shape index (κ2) is 28.9. The van der Waals surface area contributed by atoms with E-state index in [0.29, 0.717) is 0 Å². The molecule has 18 nitrogen and oxygen atoms in total. The number of hydrogen-bond donors (Lipinski definition) is 1. The minimum absolute atomic E-state index is 0.00163. The van der Waals surface area contributed by atoms with E-state index in [2.05, 4.69) is 5.32 Å². The highest BCUT2D eigenvalue weighted by molar-refractivity contribution is 5.66. The first kappa shape index (κ1) is 57.0. The van der Waals surface area contributed by atoms with E-state index in [1.165, 1.54) is 19.1 Å². The Labute approximate surface area is 463 Å². The number of esters is 1. The maximum Gasteiger partial charge on any atom is 0.303 e. The van der Waals surface area contributed by atoms with Crippen molar-refractivity contribution in [2.45, 2.75) is 108 Å². The summed E-state index contributed by atoms with van der Waals surface area (Å²) in [5.41, 5.74) is 3.86. The van der Waals surface area contributed by atoms with Crippen molar-refractivity contribution in [3.8, 4) is 0 Å². The van der Waals surface area contributed by atoms with Crippen molar-refractivity contribution in [3.63, 3.8) is 0 Å². The SMILES string of the molecule is CC(=O)O[C@@H]1[C@H](OCc2ccccc2)[C@@H](OCc2ccccc2)[C@@H](O[C@H]2[C@H](OCc3ccccc3)[C@@H](Nc3ccc([N+](=O)[O-])cc3[N+](=O)[O-])[C@H](OCc3ccccc3)O[C@@H]2COCc2ccccc2)O[C@@H]1COCc1ccccc1. The molecule has 0 unspecified atom stereocenters. The van der Waals surface area contributed by atoms with Crippen LogP contribution in [0, 0.1) is 20.2 Å². The fourth-order valence-corrected chi connectivity index (χ4v) is 9.55. The maximum atomic E-state index is 13.2. The first-order chi connectivity index (χ1) is 39.1. The van der Waals surface area contributed by atoms with Crippen molar-refractivity contribution >= 4 is 23.0 Å². The molecule has 2 fully saturated rings. The van der Waals surface area contributed by atoms with E-state index in [1.54, 1.807) is 0 Å². The molecule has 0 spiro atoms. The number of rotatable bonds is 27. The van der Waals surface area contributed by atoms with Crippen LogP contribution in [0.4, 0.5) is 17.1 Å². The van der Waals surface area contributed by atoms with E-state index in [1.807, 2.05) is 182 Å². The number of non-ortho nitro benzene ring substituents is 1. The van der Waals surface area contributed by atoms with E-state index in [-0.39, 0.29) is 58.5 Å². The van der Waals surface area contributed by atoms with Crippen molar-refractivity contribution in [2.75, 3.05) is 18.5 Å². The van der Waals surface area contributed by atoms with E-state index in [9.17, 15) is 25.0 Å². The summed E-state index contributed by atoms with van der Waals surface area (Å²) < 4.78 is 68.0. The predicted octanol–water partition coefficient (Wildman–Crippen LogP) is 10.5. The molecule has 0 aromatic heterocycles. The molecule has 7 aromatic carbocycles. The summed E-state index contributed by atoms with van der Waals surface area (Å²) in [6.45, 7) is 1.65. The molecule has 0 saturated carbocycles. The largest absolute Gasteiger partial charge is 0.457 e. The van der Waals surface area contributed by atoms with Gasteiger partial charge in [0.1, 0.15) is 48.4 Å². The molecular weight excluding hydrogens is 1030 g/mol. The van der Waals surface area contributed by atoms with Crippen molar-refractivity contribution < 1.29 is 62.0 Å². The van der Waals surface area contributed by atoms with Crippen LogP contribution in [0.3, 0.4) is 0 Å². The van der Waals surface area contributed by atoms with Crippen LogP contribution in [0.1, 0.15) is 40.3 Å². The predicted molar refractivity (Wildman–Crippen MR) is 293 cm³/mol. The quantitative estimate of drug-likeness (QED) is 0.0289. The number of nitrogens with one attached hydrogen (secondary N) is 1. The molecule has 2 aliphatic heterocycles. The molecule has 0 aliphatic carbocycles. The van der Waals surface area contributed by atoms with Gasteiger partial charge < -0.3 is 52.7 Å². The Kier molecular flexibility index (Phi) is 20.6. The van der Waals surface area contributed by atoms with Gasteiger partial charge in [0, 0.05) is 13.0 Å². The smallest absolute Gasteiger partial charge is 0.303 e.